The molecule has 1 heterocycles. The lowest BCUT2D eigenvalue weighted by Gasteiger charge is -2.17. The quantitative estimate of drug-likeness (QED) is 0.603. The molecule has 0 fully saturated rings. The van der Waals surface area contributed by atoms with Gasteiger partial charge in [0, 0.05) is 16.3 Å². The molecule has 0 aliphatic carbocycles. The number of benzene rings is 3. The number of fused-ring (bicyclic) bond motifs is 2. The minimum atomic E-state index is -1.05. The summed E-state index contributed by atoms with van der Waals surface area (Å²) >= 11 is 0. The number of halogens is 1. The van der Waals surface area contributed by atoms with Crippen LogP contribution < -0.4 is 14.4 Å². The number of carboxylic acids is 1. The number of carbonyl (C=O) groups is 2. The lowest BCUT2D eigenvalue weighted by molar-refractivity contribution is -0.136. The van der Waals surface area contributed by atoms with Crippen LogP contribution in [0.3, 0.4) is 0 Å². The number of hydrogen-bond donors (Lipinski definition) is 1. The van der Waals surface area contributed by atoms with Gasteiger partial charge in [-0.3, -0.25) is 9.59 Å². The Labute approximate surface area is 178 Å². The average molecular weight is 423 g/mol. The van der Waals surface area contributed by atoms with Crippen molar-refractivity contribution in [2.24, 2.45) is 0 Å². The number of carboxylic acid groups (broad SMARTS) is 1. The molecule has 0 unspecified atom stereocenters. The summed E-state index contributed by atoms with van der Waals surface area (Å²) in [6.07, 6.45) is -0.292. The third-order valence-corrected chi connectivity index (χ3v) is 5.23. The van der Waals surface area contributed by atoms with Crippen LogP contribution in [0.25, 0.3) is 10.8 Å². The largest absolute Gasteiger partial charge is 0.493 e. The number of nitrogens with zero attached hydrogens (tertiary/aromatic N) is 1. The normalized spacial score (nSPS) is 12.9. The van der Waals surface area contributed by atoms with E-state index in [1.165, 1.54) is 17.0 Å². The van der Waals surface area contributed by atoms with E-state index in [0.717, 1.165) is 16.8 Å². The van der Waals surface area contributed by atoms with E-state index in [2.05, 4.69) is 0 Å². The minimum absolute atomic E-state index is 0.0873. The fourth-order valence-corrected chi connectivity index (χ4v) is 4.02. The first-order valence-corrected chi connectivity index (χ1v) is 10.1. The fraction of sp³-hybridized carbons (Fsp3) is 0.250. The van der Waals surface area contributed by atoms with Gasteiger partial charge in [0.2, 0.25) is 0 Å². The van der Waals surface area contributed by atoms with Crippen LogP contribution in [-0.2, 0) is 17.8 Å². The van der Waals surface area contributed by atoms with Crippen molar-refractivity contribution in [2.45, 2.75) is 26.8 Å². The van der Waals surface area contributed by atoms with Crippen molar-refractivity contribution in [1.29, 1.82) is 0 Å². The summed E-state index contributed by atoms with van der Waals surface area (Å²) in [7, 11) is 0. The van der Waals surface area contributed by atoms with E-state index in [9.17, 15) is 14.0 Å². The molecular formula is C24H22FNO5. The van der Waals surface area contributed by atoms with Gasteiger partial charge < -0.3 is 19.5 Å². The third kappa shape index (κ3) is 3.56. The van der Waals surface area contributed by atoms with E-state index in [4.69, 9.17) is 14.6 Å². The molecule has 0 bridgehead atoms. The number of aliphatic carboxylic acids is 1. The molecule has 0 atom stereocenters. The van der Waals surface area contributed by atoms with Gasteiger partial charge in [-0.1, -0.05) is 30.3 Å². The molecule has 1 amide bonds. The summed E-state index contributed by atoms with van der Waals surface area (Å²) in [5.41, 5.74) is 1.44. The molecule has 31 heavy (non-hydrogen) atoms. The lowest BCUT2D eigenvalue weighted by atomic mass is 9.99. The standard InChI is InChI=1S/C24H22FNO5/c1-3-30-22-15-7-5-6-8-16(15)23(31-4-2)21-17(22)13-26(24(21)29)19-10-9-14(11-18(19)25)12-20(27)28/h5-11H,3-4,12-13H2,1-2H3,(H,27,28). The minimum Gasteiger partial charge on any atom is -0.493 e. The molecule has 7 heteroatoms. The summed E-state index contributed by atoms with van der Waals surface area (Å²) in [5, 5.41) is 10.5. The Morgan fingerprint density at radius 1 is 1.06 bits per heavy atom. The molecular weight excluding hydrogens is 401 g/mol. The first-order valence-electron chi connectivity index (χ1n) is 10.1. The predicted molar refractivity (Wildman–Crippen MR) is 115 cm³/mol. The molecule has 0 saturated heterocycles. The van der Waals surface area contributed by atoms with Gasteiger partial charge in [0.25, 0.3) is 5.91 Å². The van der Waals surface area contributed by atoms with Crippen molar-refractivity contribution in [2.75, 3.05) is 18.1 Å². The molecule has 0 radical (unpaired) electrons. The van der Waals surface area contributed by atoms with Gasteiger partial charge in [-0.25, -0.2) is 4.39 Å². The van der Waals surface area contributed by atoms with E-state index in [1.54, 1.807) is 0 Å². The highest BCUT2D eigenvalue weighted by Crippen LogP contribution is 2.46. The van der Waals surface area contributed by atoms with Crippen molar-refractivity contribution >= 4 is 28.3 Å². The van der Waals surface area contributed by atoms with E-state index in [-0.39, 0.29) is 24.6 Å². The lowest BCUT2D eigenvalue weighted by Crippen LogP contribution is -2.24. The Morgan fingerprint density at radius 3 is 2.32 bits per heavy atom. The second-order valence-electron chi connectivity index (χ2n) is 7.17. The van der Waals surface area contributed by atoms with Gasteiger partial charge >= 0.3 is 5.97 Å². The summed E-state index contributed by atoms with van der Waals surface area (Å²) in [6, 6.07) is 11.7. The molecule has 3 aromatic carbocycles. The number of hydrogen-bond acceptors (Lipinski definition) is 4. The highest BCUT2D eigenvalue weighted by atomic mass is 19.1. The Balaban J connectivity index is 1.86. The number of carbonyl (C=O) groups excluding carboxylic acids is 1. The van der Waals surface area contributed by atoms with Crippen LogP contribution in [0.4, 0.5) is 10.1 Å². The van der Waals surface area contributed by atoms with Crippen LogP contribution in [0.5, 0.6) is 11.5 Å². The maximum atomic E-state index is 14.9. The van der Waals surface area contributed by atoms with E-state index >= 15 is 0 Å². The molecule has 4 rings (SSSR count). The molecule has 1 N–H and O–H groups in total. The molecule has 0 aromatic heterocycles. The Kier molecular flexibility index (Phi) is 5.50. The summed E-state index contributed by atoms with van der Waals surface area (Å²) in [5.74, 6) is -1.02. The molecule has 1 aliphatic heterocycles. The van der Waals surface area contributed by atoms with Crippen molar-refractivity contribution < 1.29 is 28.6 Å². The summed E-state index contributed by atoms with van der Waals surface area (Å²) in [4.78, 5) is 25.7. The van der Waals surface area contributed by atoms with Gasteiger partial charge in [-0.05, 0) is 31.5 Å². The van der Waals surface area contributed by atoms with Crippen molar-refractivity contribution in [3.63, 3.8) is 0 Å². The second kappa shape index (κ2) is 8.26. The first kappa shape index (κ1) is 20.7. The van der Waals surface area contributed by atoms with Crippen LogP contribution in [-0.4, -0.2) is 30.2 Å². The fourth-order valence-electron chi connectivity index (χ4n) is 4.02. The SMILES string of the molecule is CCOc1c2c(c(OCC)c3ccccc13)C(=O)N(c1ccc(CC(=O)O)cc1F)C2. The Morgan fingerprint density at radius 2 is 1.71 bits per heavy atom. The van der Waals surface area contributed by atoms with E-state index < -0.39 is 11.8 Å². The highest BCUT2D eigenvalue weighted by molar-refractivity contribution is 6.17. The molecule has 6 nitrogen and oxygen atoms in total. The van der Waals surface area contributed by atoms with Crippen LogP contribution in [0.15, 0.2) is 42.5 Å². The second-order valence-corrected chi connectivity index (χ2v) is 7.17. The van der Waals surface area contributed by atoms with Crippen LogP contribution in [0, 0.1) is 5.82 Å². The topological polar surface area (TPSA) is 76.1 Å². The van der Waals surface area contributed by atoms with Crippen molar-refractivity contribution in [3.8, 4) is 11.5 Å². The molecule has 1 aliphatic rings. The van der Waals surface area contributed by atoms with Gasteiger partial charge in [0.1, 0.15) is 17.3 Å². The predicted octanol–water partition coefficient (Wildman–Crippen LogP) is 4.56. The zero-order chi connectivity index (χ0) is 22.1. The monoisotopic (exact) mass is 423 g/mol. The zero-order valence-electron chi connectivity index (χ0n) is 17.3. The maximum absolute atomic E-state index is 14.9. The highest BCUT2D eigenvalue weighted by Gasteiger charge is 2.37. The summed E-state index contributed by atoms with van der Waals surface area (Å²) < 4.78 is 26.7. The smallest absolute Gasteiger partial charge is 0.307 e. The number of ether oxygens (including phenoxy) is 2. The van der Waals surface area contributed by atoms with Gasteiger partial charge in [0.05, 0.1) is 37.4 Å². The average Bonchev–Trinajstić information content (AvgIpc) is 3.07. The number of amides is 1. The molecule has 3 aromatic rings. The van der Waals surface area contributed by atoms with Crippen LogP contribution >= 0.6 is 0 Å². The first-order chi connectivity index (χ1) is 15.0. The molecule has 0 saturated carbocycles. The number of anilines is 1. The van der Waals surface area contributed by atoms with Gasteiger partial charge in [0.15, 0.2) is 0 Å². The Hall–Kier alpha value is -3.61. The molecule has 160 valence electrons. The molecule has 0 spiro atoms. The third-order valence-electron chi connectivity index (χ3n) is 5.23. The number of rotatable bonds is 7. The Bertz CT molecular complexity index is 1190. The maximum Gasteiger partial charge on any atom is 0.307 e. The zero-order valence-corrected chi connectivity index (χ0v) is 17.3. The van der Waals surface area contributed by atoms with E-state index in [1.807, 2.05) is 38.1 Å². The van der Waals surface area contributed by atoms with Crippen LogP contribution in [0.2, 0.25) is 0 Å². The summed E-state index contributed by atoms with van der Waals surface area (Å²) in [6.45, 7) is 4.62. The van der Waals surface area contributed by atoms with Crippen LogP contribution in [0.1, 0.15) is 35.3 Å². The van der Waals surface area contributed by atoms with E-state index in [0.29, 0.717) is 41.4 Å². The van der Waals surface area contributed by atoms with Gasteiger partial charge in [-0.2, -0.15) is 0 Å². The van der Waals surface area contributed by atoms with Crippen molar-refractivity contribution in [3.05, 3.63) is 65.0 Å². The van der Waals surface area contributed by atoms with Gasteiger partial charge in [-0.15, -0.1) is 0 Å². The van der Waals surface area contributed by atoms with Crippen molar-refractivity contribution in [1.82, 2.24) is 0 Å².